The number of hydrogen-bond donors (Lipinski definition) is 1. The number of thiazole rings is 1. The van der Waals surface area contributed by atoms with Gasteiger partial charge in [0.05, 0.1) is 16.7 Å². The van der Waals surface area contributed by atoms with Crippen molar-refractivity contribution >= 4 is 62.4 Å². The zero-order chi connectivity index (χ0) is 18.6. The van der Waals surface area contributed by atoms with E-state index < -0.39 is 0 Å². The Morgan fingerprint density at radius 1 is 1.15 bits per heavy atom. The van der Waals surface area contributed by atoms with Crippen LogP contribution in [0.15, 0.2) is 58.4 Å². The highest BCUT2D eigenvalue weighted by atomic mass is 79.9. The molecule has 2 aromatic carbocycles. The van der Waals surface area contributed by atoms with Gasteiger partial charge < -0.3 is 5.32 Å². The number of aromatic nitrogens is 1. The second-order valence-corrected chi connectivity index (χ2v) is 10.6. The van der Waals surface area contributed by atoms with E-state index >= 15 is 0 Å². The molecule has 1 saturated heterocycles. The summed E-state index contributed by atoms with van der Waals surface area (Å²) in [7, 11) is 0. The summed E-state index contributed by atoms with van der Waals surface area (Å²) in [6.45, 7) is 0. The minimum absolute atomic E-state index is 0.0371. The maximum atomic E-state index is 12.4. The summed E-state index contributed by atoms with van der Waals surface area (Å²) >= 11 is 8.98. The molecule has 1 amide bonds. The van der Waals surface area contributed by atoms with Crippen LogP contribution in [0.3, 0.4) is 0 Å². The van der Waals surface area contributed by atoms with Crippen molar-refractivity contribution in [3.8, 4) is 10.6 Å². The predicted octanol–water partition coefficient (Wildman–Crippen LogP) is 6.23. The Hall–Kier alpha value is -1.28. The van der Waals surface area contributed by atoms with Crippen LogP contribution in [0.1, 0.15) is 15.8 Å². The summed E-state index contributed by atoms with van der Waals surface area (Å²) in [5, 5.41) is 5.90. The fraction of sp³-hybridized carbons (Fsp3) is 0.200. The first-order valence-electron chi connectivity index (χ1n) is 8.51. The van der Waals surface area contributed by atoms with Crippen molar-refractivity contribution in [2.24, 2.45) is 0 Å². The van der Waals surface area contributed by atoms with Crippen LogP contribution in [-0.2, 0) is 11.2 Å². The van der Waals surface area contributed by atoms with Gasteiger partial charge >= 0.3 is 0 Å². The third kappa shape index (κ3) is 4.96. The Morgan fingerprint density at radius 2 is 1.96 bits per heavy atom. The van der Waals surface area contributed by atoms with Gasteiger partial charge in [0, 0.05) is 32.6 Å². The molecule has 0 atom stereocenters. The number of thioether (sulfide) groups is 2. The monoisotopic (exact) mass is 476 g/mol. The number of nitrogens with one attached hydrogen (secondary N) is 1. The number of benzene rings is 2. The Kier molecular flexibility index (Phi) is 6.22. The highest BCUT2D eigenvalue weighted by Gasteiger charge is 2.18. The lowest BCUT2D eigenvalue weighted by molar-refractivity contribution is -0.115. The van der Waals surface area contributed by atoms with Crippen LogP contribution in [0.2, 0.25) is 0 Å². The average Bonchev–Trinajstić information content (AvgIpc) is 3.34. The maximum absolute atomic E-state index is 12.4. The van der Waals surface area contributed by atoms with E-state index in [1.807, 2.05) is 65.3 Å². The summed E-state index contributed by atoms with van der Waals surface area (Å²) in [4.78, 5) is 17.1. The van der Waals surface area contributed by atoms with Gasteiger partial charge in [-0.25, -0.2) is 4.98 Å². The topological polar surface area (TPSA) is 42.0 Å². The number of anilines is 1. The van der Waals surface area contributed by atoms with Gasteiger partial charge in [-0.05, 0) is 29.8 Å². The number of rotatable bonds is 5. The molecule has 3 aromatic rings. The second-order valence-electron chi connectivity index (χ2n) is 6.08. The summed E-state index contributed by atoms with van der Waals surface area (Å²) in [5.41, 5.74) is 3.98. The lowest BCUT2D eigenvalue weighted by atomic mass is 10.2. The minimum atomic E-state index is -0.0371. The molecule has 0 spiro atoms. The number of amides is 1. The van der Waals surface area contributed by atoms with Crippen molar-refractivity contribution in [3.63, 3.8) is 0 Å². The molecule has 0 aliphatic carbocycles. The van der Waals surface area contributed by atoms with E-state index in [1.54, 1.807) is 11.3 Å². The first kappa shape index (κ1) is 19.1. The van der Waals surface area contributed by atoms with E-state index in [9.17, 15) is 4.79 Å². The molecule has 0 radical (unpaired) electrons. The van der Waals surface area contributed by atoms with Crippen molar-refractivity contribution in [2.45, 2.75) is 11.0 Å². The fourth-order valence-electron chi connectivity index (χ4n) is 2.83. The molecule has 2 heterocycles. The van der Waals surface area contributed by atoms with Gasteiger partial charge in [0.2, 0.25) is 5.91 Å². The third-order valence-electron chi connectivity index (χ3n) is 4.03. The maximum Gasteiger partial charge on any atom is 0.230 e. The van der Waals surface area contributed by atoms with Gasteiger partial charge in [-0.1, -0.05) is 40.2 Å². The molecule has 1 fully saturated rings. The SMILES string of the molecule is O=C(Cc1csc(-c2cccc(Br)c2)n1)Nc1cccc(C2SCCS2)c1. The van der Waals surface area contributed by atoms with Gasteiger partial charge in [0.25, 0.3) is 0 Å². The first-order valence-corrected chi connectivity index (χ1v) is 12.3. The van der Waals surface area contributed by atoms with Crippen molar-refractivity contribution in [2.75, 3.05) is 16.8 Å². The van der Waals surface area contributed by atoms with Crippen LogP contribution in [0.5, 0.6) is 0 Å². The molecule has 4 rings (SSSR count). The summed E-state index contributed by atoms with van der Waals surface area (Å²) < 4.78 is 1.50. The number of hydrogen-bond acceptors (Lipinski definition) is 5. The molecule has 0 bridgehead atoms. The predicted molar refractivity (Wildman–Crippen MR) is 122 cm³/mol. The molecule has 0 unspecified atom stereocenters. The van der Waals surface area contributed by atoms with E-state index in [-0.39, 0.29) is 12.3 Å². The smallest absolute Gasteiger partial charge is 0.230 e. The van der Waals surface area contributed by atoms with Crippen molar-refractivity contribution < 1.29 is 4.79 Å². The molecule has 3 nitrogen and oxygen atoms in total. The standard InChI is InChI=1S/C20H17BrN2OS3/c21-15-5-1-3-13(9-15)19-23-17(12-27-19)11-18(24)22-16-6-2-4-14(10-16)20-25-7-8-26-20/h1-6,9-10,12,20H,7-8,11H2,(H,22,24). The van der Waals surface area contributed by atoms with Crippen LogP contribution in [0.4, 0.5) is 5.69 Å². The van der Waals surface area contributed by atoms with Crippen molar-refractivity contribution in [1.82, 2.24) is 4.98 Å². The fourth-order valence-corrected chi connectivity index (χ4v) is 6.88. The molecule has 27 heavy (non-hydrogen) atoms. The summed E-state index contributed by atoms with van der Waals surface area (Å²) in [5.74, 6) is 2.34. The average molecular weight is 477 g/mol. The van der Waals surface area contributed by atoms with E-state index in [1.165, 1.54) is 17.1 Å². The zero-order valence-electron chi connectivity index (χ0n) is 14.4. The van der Waals surface area contributed by atoms with Crippen LogP contribution in [0.25, 0.3) is 10.6 Å². The normalized spacial score (nSPS) is 14.4. The van der Waals surface area contributed by atoms with E-state index in [2.05, 4.69) is 38.4 Å². The molecule has 138 valence electrons. The van der Waals surface area contributed by atoms with Crippen LogP contribution in [-0.4, -0.2) is 22.4 Å². The quantitative estimate of drug-likeness (QED) is 0.473. The van der Waals surface area contributed by atoms with Gasteiger partial charge in [0.15, 0.2) is 0 Å². The summed E-state index contributed by atoms with van der Waals surface area (Å²) in [6, 6.07) is 16.2. The first-order chi connectivity index (χ1) is 13.2. The largest absolute Gasteiger partial charge is 0.326 e. The van der Waals surface area contributed by atoms with Crippen LogP contribution >= 0.6 is 50.8 Å². The summed E-state index contributed by atoms with van der Waals surface area (Å²) in [6.07, 6.45) is 0.279. The zero-order valence-corrected chi connectivity index (χ0v) is 18.4. The highest BCUT2D eigenvalue weighted by molar-refractivity contribution is 9.10. The lowest BCUT2D eigenvalue weighted by Gasteiger charge is -2.11. The molecule has 1 N–H and O–H groups in total. The highest BCUT2D eigenvalue weighted by Crippen LogP contribution is 2.45. The molecule has 0 saturated carbocycles. The third-order valence-corrected chi connectivity index (χ3v) is 8.57. The number of nitrogens with zero attached hydrogens (tertiary/aromatic N) is 1. The van der Waals surface area contributed by atoms with Gasteiger partial charge in [-0.15, -0.1) is 34.9 Å². The molecule has 1 aromatic heterocycles. The molecule has 7 heteroatoms. The number of carbonyl (C=O) groups is 1. The Labute approximate surface area is 179 Å². The second kappa shape index (κ2) is 8.82. The van der Waals surface area contributed by atoms with Crippen LogP contribution < -0.4 is 5.32 Å². The molecule has 1 aliphatic heterocycles. The van der Waals surface area contributed by atoms with Gasteiger partial charge in [0.1, 0.15) is 5.01 Å². The van der Waals surface area contributed by atoms with Gasteiger partial charge in [-0.3, -0.25) is 4.79 Å². The Morgan fingerprint density at radius 3 is 2.78 bits per heavy atom. The van der Waals surface area contributed by atoms with E-state index in [4.69, 9.17) is 0 Å². The van der Waals surface area contributed by atoms with E-state index in [0.29, 0.717) is 4.58 Å². The van der Waals surface area contributed by atoms with E-state index in [0.717, 1.165) is 26.4 Å². The molecule has 1 aliphatic rings. The van der Waals surface area contributed by atoms with Gasteiger partial charge in [-0.2, -0.15) is 0 Å². The minimum Gasteiger partial charge on any atom is -0.326 e. The lowest BCUT2D eigenvalue weighted by Crippen LogP contribution is -2.14. The molecular weight excluding hydrogens is 460 g/mol. The number of halogens is 1. The number of carbonyl (C=O) groups excluding carboxylic acids is 1. The van der Waals surface area contributed by atoms with Crippen LogP contribution in [0, 0.1) is 0 Å². The Balaban J connectivity index is 1.40. The van der Waals surface area contributed by atoms with Crippen molar-refractivity contribution in [3.05, 3.63) is 69.6 Å². The van der Waals surface area contributed by atoms with Crippen molar-refractivity contribution in [1.29, 1.82) is 0 Å². The molecular formula is C20H17BrN2OS3. The Bertz CT molecular complexity index is 954.